The fourth-order valence-electron chi connectivity index (χ4n) is 3.57. The largest absolute Gasteiger partial charge is 0.347 e. The van der Waals surface area contributed by atoms with Crippen LogP contribution in [-0.4, -0.2) is 22.4 Å². The van der Waals surface area contributed by atoms with Crippen molar-refractivity contribution in [2.24, 2.45) is 5.92 Å². The summed E-state index contributed by atoms with van der Waals surface area (Å²) in [5.74, 6) is -0.764. The summed E-state index contributed by atoms with van der Waals surface area (Å²) in [5.41, 5.74) is 1.52. The highest BCUT2D eigenvalue weighted by Gasteiger charge is 2.22. The first-order chi connectivity index (χ1) is 13.6. The molecule has 3 nitrogen and oxygen atoms in total. The molecule has 1 fully saturated rings. The summed E-state index contributed by atoms with van der Waals surface area (Å²) >= 11 is 1.34. The van der Waals surface area contributed by atoms with E-state index in [1.165, 1.54) is 35.8 Å². The number of halogens is 3. The van der Waals surface area contributed by atoms with Gasteiger partial charge in [-0.05, 0) is 61.4 Å². The first kappa shape index (κ1) is 18.9. The van der Waals surface area contributed by atoms with Crippen LogP contribution in [0.2, 0.25) is 0 Å². The van der Waals surface area contributed by atoms with Crippen molar-refractivity contribution in [1.82, 2.24) is 9.36 Å². The van der Waals surface area contributed by atoms with Gasteiger partial charge in [0.05, 0.1) is 0 Å². The van der Waals surface area contributed by atoms with Crippen LogP contribution in [-0.2, 0) is 6.42 Å². The fraction of sp³-hybridized carbons (Fsp3) is 0.333. The van der Waals surface area contributed by atoms with Gasteiger partial charge in [-0.3, -0.25) is 0 Å². The monoisotopic (exact) mass is 403 g/mol. The lowest BCUT2D eigenvalue weighted by Crippen LogP contribution is -2.33. The van der Waals surface area contributed by atoms with E-state index in [0.717, 1.165) is 49.5 Å². The van der Waals surface area contributed by atoms with E-state index in [1.54, 1.807) is 18.2 Å². The first-order valence-corrected chi connectivity index (χ1v) is 10.1. The zero-order valence-corrected chi connectivity index (χ0v) is 16.1. The van der Waals surface area contributed by atoms with E-state index in [9.17, 15) is 13.2 Å². The van der Waals surface area contributed by atoms with Gasteiger partial charge in [0.25, 0.3) is 0 Å². The number of rotatable bonds is 5. The average Bonchev–Trinajstić information content (AvgIpc) is 3.20. The number of hydrogen-bond acceptors (Lipinski definition) is 4. The third-order valence-corrected chi connectivity index (χ3v) is 5.99. The van der Waals surface area contributed by atoms with Crippen LogP contribution in [0.5, 0.6) is 0 Å². The lowest BCUT2D eigenvalue weighted by atomic mass is 9.91. The number of aryl methyl sites for hydroxylation is 1. The molecule has 3 aromatic rings. The highest BCUT2D eigenvalue weighted by molar-refractivity contribution is 7.09. The zero-order chi connectivity index (χ0) is 19.5. The maximum Gasteiger partial charge on any atom is 0.205 e. The van der Waals surface area contributed by atoms with E-state index in [2.05, 4.69) is 14.3 Å². The van der Waals surface area contributed by atoms with Crippen LogP contribution >= 0.6 is 11.5 Å². The number of piperidine rings is 1. The van der Waals surface area contributed by atoms with Gasteiger partial charge in [-0.15, -0.1) is 0 Å². The van der Waals surface area contributed by atoms with Crippen molar-refractivity contribution in [3.05, 3.63) is 65.5 Å². The normalized spacial score (nSPS) is 15.2. The molecular weight excluding hydrogens is 383 g/mol. The highest BCUT2D eigenvalue weighted by atomic mass is 32.1. The zero-order valence-electron chi connectivity index (χ0n) is 15.2. The van der Waals surface area contributed by atoms with Gasteiger partial charge >= 0.3 is 0 Å². The second kappa shape index (κ2) is 8.31. The molecule has 2 heterocycles. The Hall–Kier alpha value is -2.41. The number of aromatic nitrogens is 2. The summed E-state index contributed by atoms with van der Waals surface area (Å²) in [6, 6.07) is 10.4. The van der Waals surface area contributed by atoms with E-state index < -0.39 is 11.6 Å². The van der Waals surface area contributed by atoms with Crippen LogP contribution in [0.4, 0.5) is 18.3 Å². The van der Waals surface area contributed by atoms with Crippen molar-refractivity contribution in [3.8, 4) is 11.4 Å². The number of anilines is 1. The number of benzene rings is 2. The molecule has 1 aliphatic rings. The summed E-state index contributed by atoms with van der Waals surface area (Å²) in [4.78, 5) is 6.79. The SMILES string of the molecule is Fc1cccc(-c2nsc(N3CCC(CCc4ccc(F)c(F)c4)CC3)n2)c1. The highest BCUT2D eigenvalue weighted by Crippen LogP contribution is 2.29. The summed E-state index contributed by atoms with van der Waals surface area (Å²) in [6.45, 7) is 1.78. The molecule has 1 aromatic heterocycles. The predicted octanol–water partition coefficient (Wildman–Crippen LogP) is 5.47. The van der Waals surface area contributed by atoms with Crippen molar-refractivity contribution in [3.63, 3.8) is 0 Å². The fourth-order valence-corrected chi connectivity index (χ4v) is 4.31. The van der Waals surface area contributed by atoms with E-state index in [0.29, 0.717) is 17.3 Å². The van der Waals surface area contributed by atoms with Crippen LogP contribution in [0.1, 0.15) is 24.8 Å². The third kappa shape index (κ3) is 4.35. The lowest BCUT2D eigenvalue weighted by Gasteiger charge is -2.31. The minimum Gasteiger partial charge on any atom is -0.347 e. The van der Waals surface area contributed by atoms with Gasteiger partial charge < -0.3 is 4.90 Å². The summed E-state index contributed by atoms with van der Waals surface area (Å²) in [7, 11) is 0. The summed E-state index contributed by atoms with van der Waals surface area (Å²) < 4.78 is 44.1. The number of hydrogen-bond donors (Lipinski definition) is 0. The van der Waals surface area contributed by atoms with Crippen molar-refractivity contribution in [1.29, 1.82) is 0 Å². The summed E-state index contributed by atoms with van der Waals surface area (Å²) in [5, 5.41) is 0.860. The molecule has 7 heteroatoms. The van der Waals surface area contributed by atoms with Gasteiger partial charge in [-0.1, -0.05) is 18.2 Å². The summed E-state index contributed by atoms with van der Waals surface area (Å²) in [6.07, 6.45) is 3.77. The van der Waals surface area contributed by atoms with E-state index in [4.69, 9.17) is 0 Å². The molecule has 2 aromatic carbocycles. The van der Waals surface area contributed by atoms with Gasteiger partial charge in [0.2, 0.25) is 5.13 Å². The quantitative estimate of drug-likeness (QED) is 0.566. The van der Waals surface area contributed by atoms with Crippen LogP contribution < -0.4 is 4.90 Å². The molecule has 0 radical (unpaired) electrons. The molecule has 4 rings (SSSR count). The predicted molar refractivity (Wildman–Crippen MR) is 105 cm³/mol. The Morgan fingerprint density at radius 3 is 2.57 bits per heavy atom. The molecule has 0 amide bonds. The second-order valence-corrected chi connectivity index (χ2v) is 7.86. The molecular formula is C21H20F3N3S. The Morgan fingerprint density at radius 1 is 1.00 bits per heavy atom. The molecule has 0 unspecified atom stereocenters. The maximum atomic E-state index is 13.4. The Bertz CT molecular complexity index is 952. The van der Waals surface area contributed by atoms with Gasteiger partial charge in [0, 0.05) is 30.2 Å². The Labute approximate surface area is 166 Å². The van der Waals surface area contributed by atoms with Crippen molar-refractivity contribution >= 4 is 16.7 Å². The van der Waals surface area contributed by atoms with Crippen LogP contribution in [0.3, 0.4) is 0 Å². The minimum absolute atomic E-state index is 0.296. The molecule has 28 heavy (non-hydrogen) atoms. The molecule has 0 atom stereocenters. The molecule has 0 saturated carbocycles. The van der Waals surface area contributed by atoms with E-state index in [-0.39, 0.29) is 5.82 Å². The van der Waals surface area contributed by atoms with E-state index in [1.807, 2.05) is 0 Å². The minimum atomic E-state index is -0.799. The lowest BCUT2D eigenvalue weighted by molar-refractivity contribution is 0.381. The van der Waals surface area contributed by atoms with Gasteiger partial charge in [0.15, 0.2) is 17.5 Å². The molecule has 0 spiro atoms. The van der Waals surface area contributed by atoms with Gasteiger partial charge in [-0.2, -0.15) is 9.36 Å². The molecule has 0 N–H and O–H groups in total. The maximum absolute atomic E-state index is 13.4. The molecule has 0 bridgehead atoms. The Balaban J connectivity index is 1.31. The van der Waals surface area contributed by atoms with Crippen molar-refractivity contribution in [2.45, 2.75) is 25.7 Å². The van der Waals surface area contributed by atoms with Gasteiger partial charge in [0.1, 0.15) is 5.82 Å². The molecule has 146 valence electrons. The van der Waals surface area contributed by atoms with Gasteiger partial charge in [-0.25, -0.2) is 13.2 Å². The first-order valence-electron chi connectivity index (χ1n) is 9.37. The molecule has 1 saturated heterocycles. The second-order valence-electron chi connectivity index (χ2n) is 7.13. The molecule has 1 aliphatic heterocycles. The Morgan fingerprint density at radius 2 is 1.82 bits per heavy atom. The average molecular weight is 403 g/mol. The Kier molecular flexibility index (Phi) is 5.62. The standard InChI is InChI=1S/C21H20F3N3S/c22-17-3-1-2-16(13-17)20-25-21(28-26-20)27-10-8-14(9-11-27)4-5-15-6-7-18(23)19(24)12-15/h1-3,6-7,12-14H,4-5,8-11H2. The van der Waals surface area contributed by atoms with Crippen LogP contribution in [0.15, 0.2) is 42.5 Å². The smallest absolute Gasteiger partial charge is 0.205 e. The van der Waals surface area contributed by atoms with Crippen molar-refractivity contribution < 1.29 is 13.2 Å². The van der Waals surface area contributed by atoms with Crippen LogP contribution in [0.25, 0.3) is 11.4 Å². The molecule has 0 aliphatic carbocycles. The van der Waals surface area contributed by atoms with E-state index >= 15 is 0 Å². The van der Waals surface area contributed by atoms with Crippen LogP contribution in [0, 0.1) is 23.4 Å². The van der Waals surface area contributed by atoms with Crippen molar-refractivity contribution in [2.75, 3.05) is 18.0 Å². The third-order valence-electron chi connectivity index (χ3n) is 5.21. The topological polar surface area (TPSA) is 29.0 Å². The number of nitrogens with zero attached hydrogens (tertiary/aromatic N) is 3.